The molecule has 0 saturated heterocycles. The van der Waals surface area contributed by atoms with E-state index in [-0.39, 0.29) is 0 Å². The van der Waals surface area contributed by atoms with Crippen LogP contribution in [0.3, 0.4) is 0 Å². The number of anilines is 1. The summed E-state index contributed by atoms with van der Waals surface area (Å²) in [6, 6.07) is 7.93. The van der Waals surface area contributed by atoms with Crippen molar-refractivity contribution < 1.29 is 0 Å². The fourth-order valence-corrected chi connectivity index (χ4v) is 1.62. The average molecular weight is 239 g/mol. The molecule has 0 aliphatic rings. The zero-order valence-corrected chi connectivity index (χ0v) is 10.9. The first-order valence-corrected chi connectivity index (χ1v) is 5.99. The van der Waals surface area contributed by atoms with Crippen molar-refractivity contribution in [1.29, 1.82) is 0 Å². The van der Waals surface area contributed by atoms with Crippen molar-refractivity contribution in [3.8, 4) is 11.8 Å². The first kappa shape index (κ1) is 12.3. The molecular weight excluding hydrogens is 222 g/mol. The quantitative estimate of drug-likeness (QED) is 0.614. The molecule has 0 radical (unpaired) electrons. The van der Waals surface area contributed by atoms with E-state index < -0.39 is 0 Å². The van der Waals surface area contributed by atoms with E-state index >= 15 is 0 Å². The maximum Gasteiger partial charge on any atom is 0.0750 e. The Morgan fingerprint density at radius 3 is 2.67 bits per heavy atom. The van der Waals surface area contributed by atoms with Crippen molar-refractivity contribution in [2.45, 2.75) is 26.8 Å². The van der Waals surface area contributed by atoms with Gasteiger partial charge in [0, 0.05) is 23.5 Å². The minimum atomic E-state index is 0.353. The molecule has 0 aliphatic carbocycles. The molecule has 92 valence electrons. The number of benzene rings is 1. The molecule has 0 fully saturated rings. The van der Waals surface area contributed by atoms with Crippen LogP contribution in [0.1, 0.15) is 36.7 Å². The molecule has 0 aliphatic heterocycles. The summed E-state index contributed by atoms with van der Waals surface area (Å²) >= 11 is 0. The van der Waals surface area contributed by atoms with E-state index in [1.54, 1.807) is 0 Å². The molecule has 0 bridgehead atoms. The SMILES string of the molecule is Cc1nn(C(C)C)cc1C#Cc1cccc(N)c1. The number of hydrogen-bond donors (Lipinski definition) is 1. The number of nitrogens with two attached hydrogens (primary N) is 1. The molecule has 2 aromatic rings. The van der Waals surface area contributed by atoms with Gasteiger partial charge in [-0.15, -0.1) is 0 Å². The van der Waals surface area contributed by atoms with E-state index in [1.165, 1.54) is 0 Å². The van der Waals surface area contributed by atoms with Gasteiger partial charge >= 0.3 is 0 Å². The summed E-state index contributed by atoms with van der Waals surface area (Å²) in [4.78, 5) is 0. The van der Waals surface area contributed by atoms with Crippen molar-refractivity contribution in [3.63, 3.8) is 0 Å². The van der Waals surface area contributed by atoms with Gasteiger partial charge in [-0.1, -0.05) is 17.9 Å². The van der Waals surface area contributed by atoms with Crippen LogP contribution in [0.25, 0.3) is 0 Å². The first-order chi connectivity index (χ1) is 8.56. The highest BCUT2D eigenvalue weighted by atomic mass is 15.3. The van der Waals surface area contributed by atoms with Crippen molar-refractivity contribution in [3.05, 3.63) is 47.3 Å². The summed E-state index contributed by atoms with van der Waals surface area (Å²) in [5.41, 5.74) is 9.30. The fraction of sp³-hybridized carbons (Fsp3) is 0.267. The monoisotopic (exact) mass is 239 g/mol. The number of aryl methyl sites for hydroxylation is 1. The molecule has 2 rings (SSSR count). The molecule has 0 amide bonds. The summed E-state index contributed by atoms with van der Waals surface area (Å²) < 4.78 is 1.93. The Hall–Kier alpha value is -2.21. The maximum absolute atomic E-state index is 5.72. The third-order valence-corrected chi connectivity index (χ3v) is 2.67. The van der Waals surface area contributed by atoms with Crippen molar-refractivity contribution in [2.75, 3.05) is 5.73 Å². The largest absolute Gasteiger partial charge is 0.399 e. The topological polar surface area (TPSA) is 43.8 Å². The van der Waals surface area contributed by atoms with Crippen LogP contribution in [0.4, 0.5) is 5.69 Å². The summed E-state index contributed by atoms with van der Waals surface area (Å²) in [7, 11) is 0. The predicted molar refractivity (Wildman–Crippen MR) is 74.2 cm³/mol. The molecule has 0 atom stereocenters. The fourth-order valence-electron chi connectivity index (χ4n) is 1.62. The van der Waals surface area contributed by atoms with Gasteiger partial charge in [0.05, 0.1) is 11.3 Å². The number of hydrogen-bond acceptors (Lipinski definition) is 2. The third-order valence-electron chi connectivity index (χ3n) is 2.67. The lowest BCUT2D eigenvalue weighted by atomic mass is 10.2. The second kappa shape index (κ2) is 4.97. The smallest absolute Gasteiger partial charge is 0.0750 e. The third kappa shape index (κ3) is 2.72. The van der Waals surface area contributed by atoms with Crippen LogP contribution in [0.2, 0.25) is 0 Å². The highest BCUT2D eigenvalue weighted by molar-refractivity contribution is 5.49. The second-order valence-corrected chi connectivity index (χ2v) is 4.58. The number of nitrogen functional groups attached to an aromatic ring is 1. The Labute approximate surface area is 108 Å². The van der Waals surface area contributed by atoms with Gasteiger partial charge in [0.1, 0.15) is 0 Å². The van der Waals surface area contributed by atoms with Crippen molar-refractivity contribution in [2.24, 2.45) is 0 Å². The van der Waals surface area contributed by atoms with Gasteiger partial charge in [-0.2, -0.15) is 5.10 Å². The highest BCUT2D eigenvalue weighted by Crippen LogP contribution is 2.10. The lowest BCUT2D eigenvalue weighted by Crippen LogP contribution is -2.00. The van der Waals surface area contributed by atoms with Crippen LogP contribution in [-0.2, 0) is 0 Å². The van der Waals surface area contributed by atoms with E-state index in [1.807, 2.05) is 42.1 Å². The minimum absolute atomic E-state index is 0.353. The van der Waals surface area contributed by atoms with Crippen LogP contribution >= 0.6 is 0 Å². The van der Waals surface area contributed by atoms with Gasteiger partial charge in [-0.25, -0.2) is 0 Å². The van der Waals surface area contributed by atoms with E-state index in [2.05, 4.69) is 30.8 Å². The maximum atomic E-state index is 5.72. The lowest BCUT2D eigenvalue weighted by Gasteiger charge is -2.02. The van der Waals surface area contributed by atoms with Gasteiger partial charge in [-0.05, 0) is 39.0 Å². The van der Waals surface area contributed by atoms with Crippen molar-refractivity contribution >= 4 is 5.69 Å². The Morgan fingerprint density at radius 1 is 1.28 bits per heavy atom. The summed E-state index contributed by atoms with van der Waals surface area (Å²) in [5, 5.41) is 4.43. The van der Waals surface area contributed by atoms with E-state index in [0.29, 0.717) is 6.04 Å². The van der Waals surface area contributed by atoms with Crippen LogP contribution in [-0.4, -0.2) is 9.78 Å². The predicted octanol–water partition coefficient (Wildman–Crippen LogP) is 2.75. The molecule has 3 nitrogen and oxygen atoms in total. The Balaban J connectivity index is 2.30. The second-order valence-electron chi connectivity index (χ2n) is 4.58. The average Bonchev–Trinajstić information content (AvgIpc) is 2.68. The van der Waals surface area contributed by atoms with Gasteiger partial charge in [0.25, 0.3) is 0 Å². The normalized spacial score (nSPS) is 10.2. The molecule has 2 N–H and O–H groups in total. The number of nitrogens with zero attached hydrogens (tertiary/aromatic N) is 2. The van der Waals surface area contributed by atoms with Crippen LogP contribution in [0.15, 0.2) is 30.5 Å². The van der Waals surface area contributed by atoms with Crippen LogP contribution < -0.4 is 5.73 Å². The van der Waals surface area contributed by atoms with Gasteiger partial charge < -0.3 is 5.73 Å². The molecule has 3 heteroatoms. The van der Waals surface area contributed by atoms with E-state index in [4.69, 9.17) is 5.73 Å². The lowest BCUT2D eigenvalue weighted by molar-refractivity contribution is 0.529. The first-order valence-electron chi connectivity index (χ1n) is 5.99. The van der Waals surface area contributed by atoms with Gasteiger partial charge in [0.2, 0.25) is 0 Å². The molecule has 0 saturated carbocycles. The van der Waals surface area contributed by atoms with Gasteiger partial charge in [-0.3, -0.25) is 4.68 Å². The molecule has 1 heterocycles. The Kier molecular flexibility index (Phi) is 3.38. The molecular formula is C15H17N3. The molecule has 1 aromatic carbocycles. The Bertz CT molecular complexity index is 612. The zero-order chi connectivity index (χ0) is 13.1. The molecule has 18 heavy (non-hydrogen) atoms. The Morgan fingerprint density at radius 2 is 2.06 bits per heavy atom. The van der Waals surface area contributed by atoms with E-state index in [0.717, 1.165) is 22.5 Å². The van der Waals surface area contributed by atoms with Crippen LogP contribution in [0.5, 0.6) is 0 Å². The number of rotatable bonds is 1. The molecule has 0 spiro atoms. The highest BCUT2D eigenvalue weighted by Gasteiger charge is 2.04. The summed E-state index contributed by atoms with van der Waals surface area (Å²) in [5.74, 6) is 6.25. The molecule has 0 unspecified atom stereocenters. The van der Waals surface area contributed by atoms with Crippen molar-refractivity contribution in [1.82, 2.24) is 9.78 Å². The minimum Gasteiger partial charge on any atom is -0.399 e. The van der Waals surface area contributed by atoms with Crippen LogP contribution in [0, 0.1) is 18.8 Å². The summed E-state index contributed by atoms with van der Waals surface area (Å²) in [6.07, 6.45) is 1.99. The molecule has 1 aromatic heterocycles. The number of aromatic nitrogens is 2. The van der Waals surface area contributed by atoms with E-state index in [9.17, 15) is 0 Å². The van der Waals surface area contributed by atoms with Gasteiger partial charge in [0.15, 0.2) is 0 Å². The summed E-state index contributed by atoms with van der Waals surface area (Å²) in [6.45, 7) is 6.17. The zero-order valence-electron chi connectivity index (χ0n) is 10.9. The standard InChI is InChI=1S/C15H17N3/c1-11(2)18-10-14(12(3)17-18)8-7-13-5-4-6-15(16)9-13/h4-6,9-11H,16H2,1-3H3.